The highest BCUT2D eigenvalue weighted by Crippen LogP contribution is 2.32. The molecule has 0 bridgehead atoms. The minimum atomic E-state index is -4.44. The van der Waals surface area contributed by atoms with E-state index in [1.54, 1.807) is 52.3 Å². The van der Waals surface area contributed by atoms with Crippen molar-refractivity contribution in [2.75, 3.05) is 41.6 Å². The summed E-state index contributed by atoms with van der Waals surface area (Å²) in [5, 5.41) is 0. The molecule has 1 aliphatic heterocycles. The number of hydrogen-bond acceptors (Lipinski definition) is 5. The van der Waals surface area contributed by atoms with Crippen LogP contribution < -0.4 is 13.9 Å². The average Bonchev–Trinajstić information content (AvgIpc) is 2.89. The standard InChI is InChI=1S/C27H28F3N3O4S/c1-20(26(34)32-17-15-31(16-18-32)23-8-6-7-21(19-23)27(28,29)30)33(38(2,35)36)22-11-13-25(14-12-22)37-24-9-4-3-5-10-24/h3-14,19-20H,15-18H2,1-2H3/t20-/m0/s1. The fourth-order valence-electron chi connectivity index (χ4n) is 4.42. The molecule has 0 radical (unpaired) electrons. The Morgan fingerprint density at radius 1 is 0.895 bits per heavy atom. The first-order chi connectivity index (χ1) is 17.9. The van der Waals surface area contributed by atoms with Crippen molar-refractivity contribution in [2.24, 2.45) is 0 Å². The lowest BCUT2D eigenvalue weighted by molar-refractivity contribution is -0.137. The molecular weight excluding hydrogens is 519 g/mol. The van der Waals surface area contributed by atoms with Crippen molar-refractivity contribution < 1.29 is 31.1 Å². The number of hydrogen-bond donors (Lipinski definition) is 0. The van der Waals surface area contributed by atoms with Gasteiger partial charge in [-0.05, 0) is 61.5 Å². The Labute approximate surface area is 220 Å². The van der Waals surface area contributed by atoms with Gasteiger partial charge in [0.25, 0.3) is 0 Å². The fourth-order valence-corrected chi connectivity index (χ4v) is 5.59. The minimum Gasteiger partial charge on any atom is -0.457 e. The number of rotatable bonds is 7. The summed E-state index contributed by atoms with van der Waals surface area (Å²) in [7, 11) is -3.82. The van der Waals surface area contributed by atoms with Gasteiger partial charge in [-0.25, -0.2) is 8.42 Å². The van der Waals surface area contributed by atoms with Gasteiger partial charge in [-0.15, -0.1) is 0 Å². The highest BCUT2D eigenvalue weighted by atomic mass is 32.2. The molecule has 3 aromatic rings. The molecule has 1 atom stereocenters. The number of amides is 1. The van der Waals surface area contributed by atoms with Crippen LogP contribution in [-0.4, -0.2) is 57.7 Å². The zero-order valence-corrected chi connectivity index (χ0v) is 21.7. The number of benzene rings is 3. The molecule has 0 unspecified atom stereocenters. The lowest BCUT2D eigenvalue weighted by atomic mass is 10.1. The van der Waals surface area contributed by atoms with Crippen molar-refractivity contribution in [3.8, 4) is 11.5 Å². The van der Waals surface area contributed by atoms with Crippen LogP contribution in [-0.2, 0) is 21.0 Å². The molecule has 4 rings (SSSR count). The number of carbonyl (C=O) groups is 1. The van der Waals surface area contributed by atoms with Gasteiger partial charge in [0.1, 0.15) is 17.5 Å². The van der Waals surface area contributed by atoms with Crippen LogP contribution in [0, 0.1) is 0 Å². The number of piperazine rings is 1. The molecule has 202 valence electrons. The summed E-state index contributed by atoms with van der Waals surface area (Å²) in [5.74, 6) is 0.759. The van der Waals surface area contributed by atoms with Crippen LogP contribution in [0.2, 0.25) is 0 Å². The smallest absolute Gasteiger partial charge is 0.416 e. The summed E-state index contributed by atoms with van der Waals surface area (Å²) < 4.78 is 71.5. The minimum absolute atomic E-state index is 0.251. The summed E-state index contributed by atoms with van der Waals surface area (Å²) in [6.07, 6.45) is -3.40. The van der Waals surface area contributed by atoms with Crippen molar-refractivity contribution in [2.45, 2.75) is 19.1 Å². The van der Waals surface area contributed by atoms with Crippen LogP contribution in [0.4, 0.5) is 24.5 Å². The first-order valence-corrected chi connectivity index (χ1v) is 13.8. The molecule has 1 heterocycles. The summed E-state index contributed by atoms with van der Waals surface area (Å²) in [4.78, 5) is 16.6. The van der Waals surface area contributed by atoms with Gasteiger partial charge < -0.3 is 14.5 Å². The molecule has 11 heteroatoms. The predicted octanol–water partition coefficient (Wildman–Crippen LogP) is 5.00. The molecule has 7 nitrogen and oxygen atoms in total. The van der Waals surface area contributed by atoms with Gasteiger partial charge in [-0.2, -0.15) is 13.2 Å². The van der Waals surface area contributed by atoms with Crippen molar-refractivity contribution in [3.05, 3.63) is 84.4 Å². The second-order valence-electron chi connectivity index (χ2n) is 9.00. The fraction of sp³-hybridized carbons (Fsp3) is 0.296. The third-order valence-electron chi connectivity index (χ3n) is 6.27. The van der Waals surface area contributed by atoms with Crippen LogP contribution in [0.1, 0.15) is 12.5 Å². The zero-order chi connectivity index (χ0) is 27.5. The van der Waals surface area contributed by atoms with E-state index in [0.717, 1.165) is 22.7 Å². The maximum Gasteiger partial charge on any atom is 0.416 e. The Morgan fingerprint density at radius 3 is 2.08 bits per heavy atom. The normalized spacial score (nSPS) is 15.2. The summed E-state index contributed by atoms with van der Waals surface area (Å²) in [6.45, 7) is 2.67. The SMILES string of the molecule is C[C@@H](C(=O)N1CCN(c2cccc(C(F)(F)F)c2)CC1)N(c1ccc(Oc2ccccc2)cc1)S(C)(=O)=O. The monoisotopic (exact) mass is 547 g/mol. The number of ether oxygens (including phenoxy) is 1. The van der Waals surface area contributed by atoms with E-state index >= 15 is 0 Å². The Morgan fingerprint density at radius 2 is 1.50 bits per heavy atom. The highest BCUT2D eigenvalue weighted by molar-refractivity contribution is 7.92. The molecule has 0 aliphatic carbocycles. The highest BCUT2D eigenvalue weighted by Gasteiger charge is 2.34. The third kappa shape index (κ3) is 6.39. The second kappa shape index (κ2) is 10.9. The average molecular weight is 548 g/mol. The molecule has 1 aliphatic rings. The maximum atomic E-state index is 13.3. The number of sulfonamides is 1. The molecule has 0 N–H and O–H groups in total. The van der Waals surface area contributed by atoms with Crippen LogP contribution in [0.15, 0.2) is 78.9 Å². The van der Waals surface area contributed by atoms with Gasteiger partial charge in [0.2, 0.25) is 15.9 Å². The van der Waals surface area contributed by atoms with E-state index < -0.39 is 27.8 Å². The Balaban J connectivity index is 1.44. The molecule has 0 aromatic heterocycles. The predicted molar refractivity (Wildman–Crippen MR) is 140 cm³/mol. The molecule has 0 spiro atoms. The molecule has 1 fully saturated rings. The zero-order valence-electron chi connectivity index (χ0n) is 20.9. The van der Waals surface area contributed by atoms with Crippen LogP contribution >= 0.6 is 0 Å². The number of carbonyl (C=O) groups excluding carboxylic acids is 1. The largest absolute Gasteiger partial charge is 0.457 e. The number of nitrogens with zero attached hydrogens (tertiary/aromatic N) is 3. The van der Waals surface area contributed by atoms with Crippen LogP contribution in [0.25, 0.3) is 0 Å². The molecular formula is C27H28F3N3O4S. The molecule has 38 heavy (non-hydrogen) atoms. The molecule has 3 aromatic carbocycles. The lowest BCUT2D eigenvalue weighted by Gasteiger charge is -2.39. The van der Waals surface area contributed by atoms with E-state index in [-0.39, 0.29) is 19.0 Å². The lowest BCUT2D eigenvalue weighted by Crippen LogP contribution is -2.55. The van der Waals surface area contributed by atoms with Crippen molar-refractivity contribution >= 4 is 27.3 Å². The van der Waals surface area contributed by atoms with Gasteiger partial charge in [-0.3, -0.25) is 9.10 Å². The van der Waals surface area contributed by atoms with Crippen molar-refractivity contribution in [1.29, 1.82) is 0 Å². The molecule has 1 saturated heterocycles. The number of halogens is 3. The van der Waals surface area contributed by atoms with E-state index in [9.17, 15) is 26.4 Å². The third-order valence-corrected chi connectivity index (χ3v) is 7.51. The summed E-state index contributed by atoms with van der Waals surface area (Å²) in [6, 6.07) is 19.6. The second-order valence-corrected chi connectivity index (χ2v) is 10.9. The Kier molecular flexibility index (Phi) is 7.86. The van der Waals surface area contributed by atoms with E-state index in [4.69, 9.17) is 4.74 Å². The molecule has 1 amide bonds. The number of anilines is 2. The van der Waals surface area contributed by atoms with Crippen molar-refractivity contribution in [1.82, 2.24) is 4.90 Å². The van der Waals surface area contributed by atoms with Gasteiger partial charge >= 0.3 is 6.18 Å². The first-order valence-electron chi connectivity index (χ1n) is 12.0. The van der Waals surface area contributed by atoms with Gasteiger partial charge in [0, 0.05) is 31.9 Å². The molecule has 0 saturated carbocycles. The Hall–Kier alpha value is -3.73. The van der Waals surface area contributed by atoms with Crippen LogP contribution in [0.5, 0.6) is 11.5 Å². The quantitative estimate of drug-likeness (QED) is 0.417. The van der Waals surface area contributed by atoms with E-state index in [1.807, 2.05) is 18.2 Å². The Bertz CT molecular complexity index is 1360. The van der Waals surface area contributed by atoms with Crippen LogP contribution in [0.3, 0.4) is 0 Å². The van der Waals surface area contributed by atoms with E-state index in [0.29, 0.717) is 36.0 Å². The summed E-state index contributed by atoms with van der Waals surface area (Å²) >= 11 is 0. The van der Waals surface area contributed by atoms with E-state index in [1.165, 1.54) is 13.0 Å². The van der Waals surface area contributed by atoms with Gasteiger partial charge in [0.15, 0.2) is 0 Å². The van der Waals surface area contributed by atoms with Gasteiger partial charge in [-0.1, -0.05) is 24.3 Å². The maximum absolute atomic E-state index is 13.3. The topological polar surface area (TPSA) is 70.2 Å². The number of alkyl halides is 3. The first kappa shape index (κ1) is 27.3. The summed E-state index contributed by atoms with van der Waals surface area (Å²) in [5.41, 5.74) is 0.0121. The van der Waals surface area contributed by atoms with Crippen molar-refractivity contribution in [3.63, 3.8) is 0 Å². The van der Waals surface area contributed by atoms with Gasteiger partial charge in [0.05, 0.1) is 17.5 Å². The van der Waals surface area contributed by atoms with E-state index in [2.05, 4.69) is 0 Å². The number of para-hydroxylation sites is 1.